The van der Waals surface area contributed by atoms with Crippen molar-refractivity contribution < 1.29 is 32.4 Å². The van der Waals surface area contributed by atoms with Crippen LogP contribution >= 0.6 is 23.4 Å². The standard InChI is InChI=1S/C23H12ClF3N2O5S/c24-15-4-2-5-16(12-15)28-21(30)20(35-22(28)31)10-13-3-1-6-17(9-13)34-19-8-7-14(23(25,26)27)11-18(19)29(32)33/h1-12H/b20-10-. The molecule has 1 aliphatic rings. The molecule has 3 aromatic carbocycles. The Morgan fingerprint density at radius 3 is 2.46 bits per heavy atom. The number of benzene rings is 3. The maximum Gasteiger partial charge on any atom is 0.416 e. The number of hydrogen-bond acceptors (Lipinski definition) is 6. The van der Waals surface area contributed by atoms with Crippen molar-refractivity contribution in [3.63, 3.8) is 0 Å². The van der Waals surface area contributed by atoms with E-state index in [2.05, 4.69) is 0 Å². The van der Waals surface area contributed by atoms with Gasteiger partial charge in [-0.15, -0.1) is 0 Å². The van der Waals surface area contributed by atoms with Crippen molar-refractivity contribution >= 4 is 52.0 Å². The summed E-state index contributed by atoms with van der Waals surface area (Å²) >= 11 is 6.66. The fourth-order valence-corrected chi connectivity index (χ4v) is 4.20. The van der Waals surface area contributed by atoms with Crippen LogP contribution in [-0.2, 0) is 11.0 Å². The summed E-state index contributed by atoms with van der Waals surface area (Å²) in [5.41, 5.74) is -1.29. The van der Waals surface area contributed by atoms with Crippen LogP contribution < -0.4 is 9.64 Å². The summed E-state index contributed by atoms with van der Waals surface area (Å²) in [6, 6.07) is 14.2. The minimum Gasteiger partial charge on any atom is -0.450 e. The molecule has 0 aromatic heterocycles. The van der Waals surface area contributed by atoms with E-state index in [9.17, 15) is 32.9 Å². The van der Waals surface area contributed by atoms with Gasteiger partial charge in [-0.25, -0.2) is 4.90 Å². The number of carbonyl (C=O) groups is 2. The Kier molecular flexibility index (Phi) is 6.55. The van der Waals surface area contributed by atoms with Crippen LogP contribution in [0.4, 0.5) is 29.3 Å². The topological polar surface area (TPSA) is 89.7 Å². The molecule has 0 atom stereocenters. The number of imide groups is 1. The second-order valence-corrected chi connectivity index (χ2v) is 8.54. The Labute approximate surface area is 204 Å². The Morgan fingerprint density at radius 2 is 1.77 bits per heavy atom. The number of alkyl halides is 3. The van der Waals surface area contributed by atoms with Crippen molar-refractivity contribution in [2.75, 3.05) is 4.90 Å². The highest BCUT2D eigenvalue weighted by Gasteiger charge is 2.36. The van der Waals surface area contributed by atoms with Gasteiger partial charge in [-0.2, -0.15) is 13.2 Å². The van der Waals surface area contributed by atoms with Gasteiger partial charge in [0.25, 0.3) is 11.1 Å². The second kappa shape index (κ2) is 9.43. The van der Waals surface area contributed by atoms with Crippen LogP contribution in [0.2, 0.25) is 5.02 Å². The zero-order valence-corrected chi connectivity index (χ0v) is 18.9. The first-order valence-electron chi connectivity index (χ1n) is 9.70. The molecule has 1 fully saturated rings. The highest BCUT2D eigenvalue weighted by Crippen LogP contribution is 2.39. The first-order valence-corrected chi connectivity index (χ1v) is 10.9. The van der Waals surface area contributed by atoms with Gasteiger partial charge in [0.05, 0.1) is 21.1 Å². The molecule has 0 spiro atoms. The van der Waals surface area contributed by atoms with E-state index in [1.807, 2.05) is 0 Å². The van der Waals surface area contributed by atoms with Gasteiger partial charge in [0, 0.05) is 11.1 Å². The number of hydrogen-bond donors (Lipinski definition) is 0. The Hall–Kier alpha value is -3.83. The summed E-state index contributed by atoms with van der Waals surface area (Å²) in [4.78, 5) is 36.6. The van der Waals surface area contributed by atoms with Crippen molar-refractivity contribution in [3.8, 4) is 11.5 Å². The van der Waals surface area contributed by atoms with Crippen molar-refractivity contribution in [3.05, 3.63) is 97.9 Å². The monoisotopic (exact) mass is 520 g/mol. The Morgan fingerprint density at radius 1 is 1.03 bits per heavy atom. The molecule has 178 valence electrons. The summed E-state index contributed by atoms with van der Waals surface area (Å²) in [6.45, 7) is 0. The highest BCUT2D eigenvalue weighted by atomic mass is 35.5. The van der Waals surface area contributed by atoms with E-state index in [1.54, 1.807) is 24.3 Å². The second-order valence-electron chi connectivity index (χ2n) is 7.11. The number of nitro groups is 1. The lowest BCUT2D eigenvalue weighted by atomic mass is 10.1. The molecule has 0 unspecified atom stereocenters. The smallest absolute Gasteiger partial charge is 0.416 e. The van der Waals surface area contributed by atoms with Crippen molar-refractivity contribution in [2.45, 2.75) is 6.18 Å². The van der Waals surface area contributed by atoms with E-state index in [-0.39, 0.29) is 16.4 Å². The number of anilines is 1. The third-order valence-corrected chi connectivity index (χ3v) is 5.83. The first kappa shape index (κ1) is 24.3. The average Bonchev–Trinajstić information content (AvgIpc) is 3.06. The molecule has 35 heavy (non-hydrogen) atoms. The minimum absolute atomic E-state index is 0.0793. The molecule has 1 heterocycles. The predicted molar refractivity (Wildman–Crippen MR) is 125 cm³/mol. The van der Waals surface area contributed by atoms with Crippen molar-refractivity contribution in [1.29, 1.82) is 0 Å². The van der Waals surface area contributed by atoms with E-state index in [4.69, 9.17) is 16.3 Å². The van der Waals surface area contributed by atoms with Gasteiger partial charge < -0.3 is 4.74 Å². The quantitative estimate of drug-likeness (QED) is 0.199. The van der Waals surface area contributed by atoms with Crippen LogP contribution in [0.5, 0.6) is 11.5 Å². The van der Waals surface area contributed by atoms with Crippen molar-refractivity contribution in [1.82, 2.24) is 0 Å². The number of amides is 2. The lowest BCUT2D eigenvalue weighted by Gasteiger charge is -2.12. The molecule has 4 rings (SSSR count). The average molecular weight is 521 g/mol. The Bertz CT molecular complexity index is 1390. The van der Waals surface area contributed by atoms with Gasteiger partial charge in [0.1, 0.15) is 5.75 Å². The van der Waals surface area contributed by atoms with Crippen LogP contribution in [0, 0.1) is 10.1 Å². The maximum atomic E-state index is 12.9. The number of ether oxygens (including phenoxy) is 1. The van der Waals surface area contributed by atoms with Gasteiger partial charge in [-0.3, -0.25) is 19.7 Å². The molecule has 12 heteroatoms. The fourth-order valence-electron chi connectivity index (χ4n) is 3.17. The summed E-state index contributed by atoms with van der Waals surface area (Å²) in [6.07, 6.45) is -3.32. The lowest BCUT2D eigenvalue weighted by Crippen LogP contribution is -2.27. The van der Waals surface area contributed by atoms with Crippen LogP contribution in [-0.4, -0.2) is 16.1 Å². The van der Waals surface area contributed by atoms with E-state index in [0.29, 0.717) is 40.2 Å². The SMILES string of the molecule is O=C1S/C(=C\c2cccc(Oc3ccc(C(F)(F)F)cc3[N+](=O)[O-])c2)C(=O)N1c1cccc(Cl)c1. The molecule has 7 nitrogen and oxygen atoms in total. The van der Waals surface area contributed by atoms with E-state index >= 15 is 0 Å². The number of halogens is 4. The molecular weight excluding hydrogens is 509 g/mol. The first-order chi connectivity index (χ1) is 16.5. The molecule has 1 aliphatic heterocycles. The fraction of sp³-hybridized carbons (Fsp3) is 0.0435. The third-order valence-electron chi connectivity index (χ3n) is 4.73. The molecule has 2 amide bonds. The molecule has 1 saturated heterocycles. The Balaban J connectivity index is 1.60. The molecule has 0 aliphatic carbocycles. The molecule has 0 bridgehead atoms. The predicted octanol–water partition coefficient (Wildman–Crippen LogP) is 7.30. The summed E-state index contributed by atoms with van der Waals surface area (Å²) in [5.74, 6) is -0.871. The van der Waals surface area contributed by atoms with Gasteiger partial charge in [-0.1, -0.05) is 29.8 Å². The number of nitro benzene ring substituents is 1. The number of carbonyl (C=O) groups excluding carboxylic acids is 2. The lowest BCUT2D eigenvalue weighted by molar-refractivity contribution is -0.385. The zero-order valence-electron chi connectivity index (χ0n) is 17.3. The van der Waals surface area contributed by atoms with Gasteiger partial charge in [0.15, 0.2) is 0 Å². The minimum atomic E-state index is -4.75. The number of rotatable bonds is 5. The molecule has 3 aromatic rings. The van der Waals surface area contributed by atoms with Crippen LogP contribution in [0.25, 0.3) is 6.08 Å². The van der Waals surface area contributed by atoms with Gasteiger partial charge in [0.2, 0.25) is 5.75 Å². The molecular formula is C23H12ClF3N2O5S. The van der Waals surface area contributed by atoms with Gasteiger partial charge in [-0.05, 0) is 65.9 Å². The maximum absolute atomic E-state index is 12.9. The van der Waals surface area contributed by atoms with Crippen LogP contribution in [0.15, 0.2) is 71.6 Å². The zero-order chi connectivity index (χ0) is 25.3. The van der Waals surface area contributed by atoms with Gasteiger partial charge >= 0.3 is 11.9 Å². The van der Waals surface area contributed by atoms with Crippen LogP contribution in [0.3, 0.4) is 0 Å². The van der Waals surface area contributed by atoms with Crippen molar-refractivity contribution in [2.24, 2.45) is 0 Å². The number of nitrogens with zero attached hydrogens (tertiary/aromatic N) is 2. The normalized spacial score (nSPS) is 15.1. The highest BCUT2D eigenvalue weighted by molar-refractivity contribution is 8.19. The summed E-state index contributed by atoms with van der Waals surface area (Å²) < 4.78 is 44.2. The molecule has 0 saturated carbocycles. The summed E-state index contributed by atoms with van der Waals surface area (Å²) in [5, 5.41) is 11.1. The largest absolute Gasteiger partial charge is 0.450 e. The summed E-state index contributed by atoms with van der Waals surface area (Å²) in [7, 11) is 0. The van der Waals surface area contributed by atoms with E-state index in [1.165, 1.54) is 30.3 Å². The third kappa shape index (κ3) is 5.31. The molecule has 0 radical (unpaired) electrons. The van der Waals surface area contributed by atoms with E-state index in [0.717, 1.165) is 11.0 Å². The molecule has 0 N–H and O–H groups in total. The van der Waals surface area contributed by atoms with Crippen LogP contribution in [0.1, 0.15) is 11.1 Å². The van der Waals surface area contributed by atoms with E-state index < -0.39 is 33.5 Å². The number of thioether (sulfide) groups is 1.